The molecule has 0 unspecified atom stereocenters. The predicted molar refractivity (Wildman–Crippen MR) is 84.9 cm³/mol. The summed E-state index contributed by atoms with van der Waals surface area (Å²) in [6, 6.07) is 0. The zero-order valence-electron chi connectivity index (χ0n) is 12.5. The Morgan fingerprint density at radius 3 is 1.78 bits per heavy atom. The summed E-state index contributed by atoms with van der Waals surface area (Å²) < 4.78 is 0. The molecule has 0 fully saturated rings. The fourth-order valence-electron chi connectivity index (χ4n) is 1.87. The molecule has 0 heteroatoms. The average molecular weight is 248 g/mol. The zero-order chi connectivity index (χ0) is 13.3. The lowest BCUT2D eigenvalue weighted by Crippen LogP contribution is -1.77. The fraction of sp³-hybridized carbons (Fsp3) is 0.667. The number of hydrogen-bond donors (Lipinski definition) is 0. The molecule has 0 atom stereocenters. The maximum Gasteiger partial charge on any atom is -0.0169 e. The summed E-state index contributed by atoms with van der Waals surface area (Å²) in [5.74, 6) is 0. The summed E-state index contributed by atoms with van der Waals surface area (Å²) in [5, 5.41) is 0. The Balaban J connectivity index is 3.20. The number of rotatable bonds is 12. The lowest BCUT2D eigenvalue weighted by atomic mass is 10.1. The van der Waals surface area contributed by atoms with Crippen LogP contribution >= 0.6 is 0 Å². The van der Waals surface area contributed by atoms with Crippen LogP contribution in [0.2, 0.25) is 0 Å². The minimum Gasteiger partial charge on any atom is -0.0885 e. The molecule has 18 heavy (non-hydrogen) atoms. The van der Waals surface area contributed by atoms with Gasteiger partial charge in [-0.1, -0.05) is 82.4 Å². The third-order valence-corrected chi connectivity index (χ3v) is 3.00. The molecule has 0 rings (SSSR count). The lowest BCUT2D eigenvalue weighted by molar-refractivity contribution is 0.611. The van der Waals surface area contributed by atoms with Crippen molar-refractivity contribution in [3.63, 3.8) is 0 Å². The van der Waals surface area contributed by atoms with E-state index < -0.39 is 0 Å². The maximum atomic E-state index is 2.34. The lowest BCUT2D eigenvalue weighted by Gasteiger charge is -1.97. The first-order valence-electron chi connectivity index (χ1n) is 7.86. The third kappa shape index (κ3) is 15.2. The zero-order valence-corrected chi connectivity index (χ0v) is 12.5. The monoisotopic (exact) mass is 248 g/mol. The highest BCUT2D eigenvalue weighted by Gasteiger charge is 1.87. The summed E-state index contributed by atoms with van der Waals surface area (Å²) in [5.41, 5.74) is 0. The second-order valence-corrected chi connectivity index (χ2v) is 4.85. The first-order chi connectivity index (χ1) is 8.91. The Morgan fingerprint density at radius 1 is 0.556 bits per heavy atom. The Hall–Kier alpha value is -0.780. The van der Waals surface area contributed by atoms with Gasteiger partial charge in [0, 0.05) is 0 Å². The average Bonchev–Trinajstić information content (AvgIpc) is 2.39. The van der Waals surface area contributed by atoms with E-state index >= 15 is 0 Å². The Bertz CT molecular complexity index is 220. The van der Waals surface area contributed by atoms with Crippen LogP contribution in [0.15, 0.2) is 36.5 Å². The van der Waals surface area contributed by atoms with Gasteiger partial charge in [0.15, 0.2) is 0 Å². The van der Waals surface area contributed by atoms with E-state index in [1.54, 1.807) is 0 Å². The standard InChI is InChI=1S/C18H32/c1-3-5-7-9-11-13-15-17-18-16-14-12-10-8-6-4-2/h5,7,11,13,17-18H,3-4,6,8-10,12,14-16H2,1-2H3/b7-5+,13-11+,18-17+. The summed E-state index contributed by atoms with van der Waals surface area (Å²) in [4.78, 5) is 0. The van der Waals surface area contributed by atoms with Crippen LogP contribution in [0.5, 0.6) is 0 Å². The van der Waals surface area contributed by atoms with Gasteiger partial charge < -0.3 is 0 Å². The molecular weight excluding hydrogens is 216 g/mol. The van der Waals surface area contributed by atoms with Crippen LogP contribution in [-0.2, 0) is 0 Å². The minimum absolute atomic E-state index is 1.08. The van der Waals surface area contributed by atoms with Crippen LogP contribution < -0.4 is 0 Å². The molecule has 0 bridgehead atoms. The Labute approximate surface area is 115 Å². The van der Waals surface area contributed by atoms with Crippen LogP contribution in [0.4, 0.5) is 0 Å². The molecule has 104 valence electrons. The van der Waals surface area contributed by atoms with Crippen LogP contribution in [-0.4, -0.2) is 0 Å². The summed E-state index contributed by atoms with van der Waals surface area (Å²) in [6.45, 7) is 4.44. The molecule has 0 nitrogen and oxygen atoms in total. The van der Waals surface area contributed by atoms with Crippen molar-refractivity contribution in [3.05, 3.63) is 36.5 Å². The first-order valence-corrected chi connectivity index (χ1v) is 7.86. The summed E-state index contributed by atoms with van der Waals surface area (Å²) in [6.07, 6.45) is 26.6. The van der Waals surface area contributed by atoms with Crippen LogP contribution in [0.3, 0.4) is 0 Å². The number of allylic oxidation sites excluding steroid dienone is 6. The van der Waals surface area contributed by atoms with E-state index in [0.29, 0.717) is 0 Å². The van der Waals surface area contributed by atoms with Crippen molar-refractivity contribution >= 4 is 0 Å². The van der Waals surface area contributed by atoms with Crippen molar-refractivity contribution in [3.8, 4) is 0 Å². The molecule has 0 aliphatic carbocycles. The predicted octanol–water partition coefficient (Wildman–Crippen LogP) is 6.60. The van der Waals surface area contributed by atoms with Crippen molar-refractivity contribution in [2.75, 3.05) is 0 Å². The van der Waals surface area contributed by atoms with Crippen molar-refractivity contribution in [2.45, 2.75) is 78.1 Å². The molecule has 0 radical (unpaired) electrons. The SMILES string of the molecule is CC/C=C/C/C=C/C/C=C/CCCCCCCC. The van der Waals surface area contributed by atoms with E-state index in [4.69, 9.17) is 0 Å². The highest BCUT2D eigenvalue weighted by Crippen LogP contribution is 2.07. The van der Waals surface area contributed by atoms with Gasteiger partial charge in [-0.3, -0.25) is 0 Å². The van der Waals surface area contributed by atoms with Crippen LogP contribution in [0, 0.1) is 0 Å². The van der Waals surface area contributed by atoms with Gasteiger partial charge in [0.05, 0.1) is 0 Å². The van der Waals surface area contributed by atoms with E-state index in [1.807, 2.05) is 0 Å². The van der Waals surface area contributed by atoms with Gasteiger partial charge in [-0.15, -0.1) is 0 Å². The van der Waals surface area contributed by atoms with Crippen molar-refractivity contribution in [1.82, 2.24) is 0 Å². The molecular formula is C18H32. The molecule has 0 spiro atoms. The van der Waals surface area contributed by atoms with Crippen molar-refractivity contribution < 1.29 is 0 Å². The Kier molecular flexibility index (Phi) is 15.5. The quantitative estimate of drug-likeness (QED) is 0.270. The van der Waals surface area contributed by atoms with Crippen LogP contribution in [0.1, 0.15) is 78.1 Å². The van der Waals surface area contributed by atoms with Crippen molar-refractivity contribution in [2.24, 2.45) is 0 Å². The molecule has 0 saturated carbocycles. The van der Waals surface area contributed by atoms with E-state index in [2.05, 4.69) is 50.3 Å². The van der Waals surface area contributed by atoms with E-state index in [9.17, 15) is 0 Å². The van der Waals surface area contributed by atoms with E-state index in [0.717, 1.165) is 19.3 Å². The number of unbranched alkanes of at least 4 members (excludes halogenated alkanes) is 6. The smallest absolute Gasteiger partial charge is 0.0169 e. The van der Waals surface area contributed by atoms with Gasteiger partial charge in [0.2, 0.25) is 0 Å². The highest BCUT2D eigenvalue weighted by atomic mass is 13.9. The van der Waals surface area contributed by atoms with E-state index in [1.165, 1.54) is 44.9 Å². The van der Waals surface area contributed by atoms with Gasteiger partial charge in [-0.05, 0) is 32.1 Å². The highest BCUT2D eigenvalue weighted by molar-refractivity contribution is 4.96. The van der Waals surface area contributed by atoms with Gasteiger partial charge >= 0.3 is 0 Å². The van der Waals surface area contributed by atoms with Crippen molar-refractivity contribution in [1.29, 1.82) is 0 Å². The van der Waals surface area contributed by atoms with Gasteiger partial charge in [-0.25, -0.2) is 0 Å². The van der Waals surface area contributed by atoms with Gasteiger partial charge in [0.25, 0.3) is 0 Å². The Morgan fingerprint density at radius 2 is 1.11 bits per heavy atom. The minimum atomic E-state index is 1.08. The molecule has 0 amide bonds. The molecule has 0 aliphatic heterocycles. The van der Waals surface area contributed by atoms with Gasteiger partial charge in [-0.2, -0.15) is 0 Å². The second kappa shape index (κ2) is 16.2. The molecule has 0 heterocycles. The summed E-state index contributed by atoms with van der Waals surface area (Å²) in [7, 11) is 0. The maximum absolute atomic E-state index is 2.34. The normalized spacial score (nSPS) is 12.3. The first kappa shape index (κ1) is 17.2. The molecule has 0 saturated heterocycles. The number of hydrogen-bond acceptors (Lipinski definition) is 0. The third-order valence-electron chi connectivity index (χ3n) is 3.00. The topological polar surface area (TPSA) is 0 Å². The largest absolute Gasteiger partial charge is 0.0885 e. The second-order valence-electron chi connectivity index (χ2n) is 4.85. The molecule has 0 aliphatic rings. The molecule has 0 aromatic rings. The summed E-state index contributed by atoms with van der Waals surface area (Å²) >= 11 is 0. The fourth-order valence-corrected chi connectivity index (χ4v) is 1.87. The molecule has 0 aromatic carbocycles. The van der Waals surface area contributed by atoms with E-state index in [-0.39, 0.29) is 0 Å². The molecule has 0 aromatic heterocycles. The van der Waals surface area contributed by atoms with Gasteiger partial charge in [0.1, 0.15) is 0 Å². The van der Waals surface area contributed by atoms with Crippen LogP contribution in [0.25, 0.3) is 0 Å². The molecule has 0 N–H and O–H groups in total.